The van der Waals surface area contributed by atoms with Crippen molar-refractivity contribution in [1.82, 2.24) is 5.32 Å². The van der Waals surface area contributed by atoms with Gasteiger partial charge in [0.2, 0.25) is 0 Å². The Morgan fingerprint density at radius 2 is 2.14 bits per heavy atom. The van der Waals surface area contributed by atoms with Crippen LogP contribution in [-0.2, 0) is 0 Å². The van der Waals surface area contributed by atoms with Gasteiger partial charge in [-0.05, 0) is 39.8 Å². The van der Waals surface area contributed by atoms with Crippen molar-refractivity contribution in [3.05, 3.63) is 23.8 Å². The van der Waals surface area contributed by atoms with E-state index in [0.717, 1.165) is 37.3 Å². The van der Waals surface area contributed by atoms with E-state index < -0.39 is 0 Å². The van der Waals surface area contributed by atoms with Gasteiger partial charge in [-0.1, -0.05) is 26.3 Å². The molecule has 1 aliphatic heterocycles. The van der Waals surface area contributed by atoms with E-state index in [1.54, 1.807) is 0 Å². The van der Waals surface area contributed by atoms with Crippen LogP contribution in [0.1, 0.15) is 65.5 Å². The smallest absolute Gasteiger partial charge is 0.128 e. The number of hydrogen-bond donors (Lipinski definition) is 1. The normalized spacial score (nSPS) is 21.3. The summed E-state index contributed by atoms with van der Waals surface area (Å²) in [5.74, 6) is 1.86. The Balaban J connectivity index is 2.21. The second kappa shape index (κ2) is 6.69. The topological polar surface area (TPSA) is 30.5 Å². The molecule has 0 saturated heterocycles. The molecule has 0 bridgehead atoms. The van der Waals surface area contributed by atoms with E-state index in [1.807, 2.05) is 6.07 Å². The minimum Gasteiger partial charge on any atom is -0.491 e. The predicted molar refractivity (Wildman–Crippen MR) is 87.2 cm³/mol. The highest BCUT2D eigenvalue weighted by Gasteiger charge is 2.33. The molecule has 0 radical (unpaired) electrons. The predicted octanol–water partition coefficient (Wildman–Crippen LogP) is 4.47. The number of fused-ring (bicyclic) bond motifs is 1. The van der Waals surface area contributed by atoms with Crippen LogP contribution in [0.5, 0.6) is 11.5 Å². The first-order valence-electron chi connectivity index (χ1n) is 8.18. The Hall–Kier alpha value is -1.22. The third kappa shape index (κ3) is 4.13. The van der Waals surface area contributed by atoms with Crippen LogP contribution >= 0.6 is 0 Å². The first-order chi connectivity index (χ1) is 9.95. The first kappa shape index (κ1) is 16.2. The monoisotopic (exact) mass is 291 g/mol. The minimum absolute atomic E-state index is 0.145. The Kier molecular flexibility index (Phi) is 5.15. The molecule has 118 valence electrons. The Bertz CT molecular complexity index is 470. The summed E-state index contributed by atoms with van der Waals surface area (Å²) < 4.78 is 12.1. The highest BCUT2D eigenvalue weighted by molar-refractivity contribution is 5.44. The summed E-state index contributed by atoms with van der Waals surface area (Å²) in [5.41, 5.74) is 1.10. The highest BCUT2D eigenvalue weighted by Crippen LogP contribution is 2.41. The van der Waals surface area contributed by atoms with E-state index in [-0.39, 0.29) is 11.7 Å². The van der Waals surface area contributed by atoms with E-state index in [1.165, 1.54) is 5.56 Å². The molecule has 3 nitrogen and oxygen atoms in total. The van der Waals surface area contributed by atoms with Crippen molar-refractivity contribution >= 4 is 0 Å². The van der Waals surface area contributed by atoms with Gasteiger partial charge in [-0.3, -0.25) is 0 Å². The minimum atomic E-state index is -0.145. The number of nitrogens with one attached hydrogen (secondary N) is 1. The van der Waals surface area contributed by atoms with Crippen LogP contribution in [-0.4, -0.2) is 18.2 Å². The molecular weight excluding hydrogens is 262 g/mol. The largest absolute Gasteiger partial charge is 0.491 e. The van der Waals surface area contributed by atoms with Gasteiger partial charge in [0.05, 0.1) is 6.10 Å². The van der Waals surface area contributed by atoms with Gasteiger partial charge >= 0.3 is 0 Å². The summed E-state index contributed by atoms with van der Waals surface area (Å²) in [7, 11) is 0. The third-order valence-corrected chi connectivity index (χ3v) is 3.93. The SMILES string of the molecule is CCCC(C)Oc1ccc2c(c1)OC(C)(C)CC2NCC. The fourth-order valence-electron chi connectivity index (χ4n) is 3.03. The Morgan fingerprint density at radius 3 is 2.81 bits per heavy atom. The van der Waals surface area contributed by atoms with Crippen LogP contribution in [0.15, 0.2) is 18.2 Å². The molecule has 1 heterocycles. The van der Waals surface area contributed by atoms with Crippen molar-refractivity contribution in [3.8, 4) is 11.5 Å². The molecule has 21 heavy (non-hydrogen) atoms. The van der Waals surface area contributed by atoms with E-state index in [2.05, 4.69) is 52.1 Å². The molecule has 2 unspecified atom stereocenters. The maximum absolute atomic E-state index is 6.16. The van der Waals surface area contributed by atoms with Crippen LogP contribution in [0.3, 0.4) is 0 Å². The average molecular weight is 291 g/mol. The maximum atomic E-state index is 6.16. The number of benzene rings is 1. The highest BCUT2D eigenvalue weighted by atomic mass is 16.5. The molecule has 2 rings (SSSR count). The molecule has 0 aromatic heterocycles. The Morgan fingerprint density at radius 1 is 1.38 bits per heavy atom. The second-order valence-electron chi connectivity index (χ2n) is 6.59. The standard InChI is InChI=1S/C18H29NO2/c1-6-8-13(3)20-14-9-10-15-16(19-7-2)12-18(4,5)21-17(15)11-14/h9-11,13,16,19H,6-8,12H2,1-5H3. The van der Waals surface area contributed by atoms with Gasteiger partial charge in [-0.2, -0.15) is 0 Å². The van der Waals surface area contributed by atoms with E-state index >= 15 is 0 Å². The molecule has 1 N–H and O–H groups in total. The summed E-state index contributed by atoms with van der Waals surface area (Å²) in [4.78, 5) is 0. The van der Waals surface area contributed by atoms with Crippen molar-refractivity contribution in [2.24, 2.45) is 0 Å². The van der Waals surface area contributed by atoms with Crippen LogP contribution in [0, 0.1) is 0 Å². The first-order valence-corrected chi connectivity index (χ1v) is 8.18. The second-order valence-corrected chi connectivity index (χ2v) is 6.59. The van der Waals surface area contributed by atoms with Crippen molar-refractivity contribution in [3.63, 3.8) is 0 Å². The summed E-state index contributed by atoms with van der Waals surface area (Å²) in [6.07, 6.45) is 3.44. The molecule has 0 saturated carbocycles. The molecule has 0 aliphatic carbocycles. The van der Waals surface area contributed by atoms with Crippen LogP contribution in [0.25, 0.3) is 0 Å². The molecule has 0 amide bonds. The zero-order valence-corrected chi connectivity index (χ0v) is 14.0. The van der Waals surface area contributed by atoms with Gasteiger partial charge < -0.3 is 14.8 Å². The van der Waals surface area contributed by atoms with Gasteiger partial charge in [0.1, 0.15) is 17.1 Å². The molecule has 1 aromatic carbocycles. The van der Waals surface area contributed by atoms with E-state index in [0.29, 0.717) is 6.04 Å². The van der Waals surface area contributed by atoms with Gasteiger partial charge in [0.15, 0.2) is 0 Å². The van der Waals surface area contributed by atoms with E-state index in [4.69, 9.17) is 9.47 Å². The van der Waals surface area contributed by atoms with E-state index in [9.17, 15) is 0 Å². The zero-order chi connectivity index (χ0) is 15.5. The molecule has 2 atom stereocenters. The lowest BCUT2D eigenvalue weighted by Gasteiger charge is -2.38. The fourth-order valence-corrected chi connectivity index (χ4v) is 3.03. The van der Waals surface area contributed by atoms with Gasteiger partial charge in [-0.15, -0.1) is 0 Å². The molecular formula is C18H29NO2. The van der Waals surface area contributed by atoms with Crippen molar-refractivity contribution in [1.29, 1.82) is 0 Å². The summed E-state index contributed by atoms with van der Waals surface area (Å²) in [5, 5.41) is 3.56. The fraction of sp³-hybridized carbons (Fsp3) is 0.667. The van der Waals surface area contributed by atoms with Crippen molar-refractivity contribution < 1.29 is 9.47 Å². The zero-order valence-electron chi connectivity index (χ0n) is 14.0. The Labute approximate surface area is 129 Å². The molecule has 1 aromatic rings. The lowest BCUT2D eigenvalue weighted by molar-refractivity contribution is 0.0658. The number of rotatable bonds is 6. The van der Waals surface area contributed by atoms with Crippen LogP contribution in [0.4, 0.5) is 0 Å². The number of ether oxygens (including phenoxy) is 2. The van der Waals surface area contributed by atoms with Crippen LogP contribution in [0.2, 0.25) is 0 Å². The maximum Gasteiger partial charge on any atom is 0.128 e. The van der Waals surface area contributed by atoms with Gasteiger partial charge in [0.25, 0.3) is 0 Å². The van der Waals surface area contributed by atoms with Crippen molar-refractivity contribution in [2.45, 2.75) is 71.6 Å². The van der Waals surface area contributed by atoms with Crippen LogP contribution < -0.4 is 14.8 Å². The molecule has 0 fully saturated rings. The average Bonchev–Trinajstić information content (AvgIpc) is 2.37. The van der Waals surface area contributed by atoms with Gasteiger partial charge in [0, 0.05) is 24.1 Å². The number of hydrogen-bond acceptors (Lipinski definition) is 3. The molecule has 0 spiro atoms. The quantitative estimate of drug-likeness (QED) is 0.839. The molecule has 3 heteroatoms. The third-order valence-electron chi connectivity index (χ3n) is 3.93. The van der Waals surface area contributed by atoms with Crippen molar-refractivity contribution in [2.75, 3.05) is 6.54 Å². The summed E-state index contributed by atoms with van der Waals surface area (Å²) in [6, 6.07) is 6.62. The lowest BCUT2D eigenvalue weighted by Crippen LogP contribution is -2.39. The summed E-state index contributed by atoms with van der Waals surface area (Å²) >= 11 is 0. The van der Waals surface area contributed by atoms with Gasteiger partial charge in [-0.25, -0.2) is 0 Å². The lowest BCUT2D eigenvalue weighted by atomic mass is 9.89. The molecule has 1 aliphatic rings. The summed E-state index contributed by atoms with van der Waals surface area (Å²) in [6.45, 7) is 11.7.